The Morgan fingerprint density at radius 2 is 2.04 bits per heavy atom. The van der Waals surface area contributed by atoms with Crippen molar-refractivity contribution in [3.8, 4) is 17.2 Å². The number of nitrogens with zero attached hydrogens (tertiary/aromatic N) is 1. The Morgan fingerprint density at radius 1 is 1.30 bits per heavy atom. The van der Waals surface area contributed by atoms with Gasteiger partial charge in [0.05, 0.1) is 0 Å². The first kappa shape index (κ1) is 15.3. The maximum absolute atomic E-state index is 12.3. The molecule has 1 fully saturated rings. The van der Waals surface area contributed by atoms with Crippen LogP contribution in [-0.4, -0.2) is 18.5 Å². The largest absolute Gasteiger partial charge is 0.447 e. The number of hydrogen-bond donors (Lipinski definition) is 1. The predicted octanol–water partition coefficient (Wildman–Crippen LogP) is 3.44. The number of ether oxygens (including phenoxy) is 1. The Hall–Kier alpha value is -2.65. The fraction of sp³-hybridized carbons (Fsp3) is 0.235. The molecule has 116 valence electrons. The van der Waals surface area contributed by atoms with Crippen LogP contribution in [0.4, 0.5) is 5.00 Å². The Bertz CT molecular complexity index is 773. The monoisotopic (exact) mass is 326 g/mol. The predicted molar refractivity (Wildman–Crippen MR) is 87.0 cm³/mol. The second kappa shape index (κ2) is 6.63. The zero-order chi connectivity index (χ0) is 16.2. The molecule has 0 unspecified atom stereocenters. The van der Waals surface area contributed by atoms with Crippen LogP contribution >= 0.6 is 11.3 Å². The number of nitrogens with one attached hydrogen (secondary N) is 1. The molecule has 1 aliphatic carbocycles. The van der Waals surface area contributed by atoms with E-state index in [2.05, 4.69) is 5.32 Å². The number of rotatable bonds is 5. The van der Waals surface area contributed by atoms with Gasteiger partial charge in [0.25, 0.3) is 0 Å². The van der Waals surface area contributed by atoms with E-state index in [1.807, 2.05) is 35.7 Å². The molecule has 1 amide bonds. The lowest BCUT2D eigenvalue weighted by atomic mass is 10.0. The van der Waals surface area contributed by atoms with Gasteiger partial charge >= 0.3 is 5.97 Å². The lowest BCUT2D eigenvalue weighted by Gasteiger charge is -2.08. The van der Waals surface area contributed by atoms with Gasteiger partial charge < -0.3 is 10.1 Å². The van der Waals surface area contributed by atoms with Crippen molar-refractivity contribution in [1.29, 1.82) is 5.26 Å². The van der Waals surface area contributed by atoms with Crippen molar-refractivity contribution >= 4 is 28.2 Å². The van der Waals surface area contributed by atoms with Gasteiger partial charge in [-0.3, -0.25) is 4.79 Å². The molecule has 0 aliphatic heterocycles. The average Bonchev–Trinajstić information content (AvgIpc) is 3.35. The number of carbonyl (C=O) groups excluding carboxylic acids is 2. The molecule has 1 heterocycles. The molecule has 1 saturated carbocycles. The summed E-state index contributed by atoms with van der Waals surface area (Å²) < 4.78 is 4.95. The van der Waals surface area contributed by atoms with Crippen LogP contribution in [0.1, 0.15) is 23.2 Å². The summed E-state index contributed by atoms with van der Waals surface area (Å²) in [4.78, 5) is 24.3. The molecule has 5 nitrogen and oxygen atoms in total. The van der Waals surface area contributed by atoms with Gasteiger partial charge in [0.2, 0.25) is 5.91 Å². The van der Waals surface area contributed by atoms with E-state index in [-0.39, 0.29) is 18.4 Å². The van der Waals surface area contributed by atoms with Crippen LogP contribution in [0.3, 0.4) is 0 Å². The highest BCUT2D eigenvalue weighted by atomic mass is 32.1. The maximum Gasteiger partial charge on any atom is 0.342 e. The summed E-state index contributed by atoms with van der Waals surface area (Å²) in [5, 5.41) is 13.7. The molecule has 1 aromatic heterocycles. The molecule has 0 saturated heterocycles. The van der Waals surface area contributed by atoms with Crippen molar-refractivity contribution in [2.75, 3.05) is 11.9 Å². The molecule has 1 N–H and O–H groups in total. The van der Waals surface area contributed by atoms with E-state index in [1.165, 1.54) is 11.3 Å². The summed E-state index contributed by atoms with van der Waals surface area (Å²) in [6.07, 6.45) is 1.77. The molecule has 3 rings (SSSR count). The third kappa shape index (κ3) is 3.41. The molecule has 0 radical (unpaired) electrons. The Morgan fingerprint density at radius 3 is 2.70 bits per heavy atom. The number of esters is 1. The molecular weight excluding hydrogens is 312 g/mol. The van der Waals surface area contributed by atoms with Crippen LogP contribution in [0.2, 0.25) is 0 Å². The van der Waals surface area contributed by atoms with Crippen molar-refractivity contribution < 1.29 is 14.3 Å². The number of nitriles is 1. The zero-order valence-electron chi connectivity index (χ0n) is 12.2. The second-order valence-electron chi connectivity index (χ2n) is 5.22. The molecule has 0 spiro atoms. The number of hydrogen-bond acceptors (Lipinski definition) is 5. The number of anilines is 1. The quantitative estimate of drug-likeness (QED) is 0.854. The third-order valence-electron chi connectivity index (χ3n) is 3.53. The number of amides is 1. The van der Waals surface area contributed by atoms with Crippen LogP contribution < -0.4 is 5.32 Å². The van der Waals surface area contributed by atoms with Crippen LogP contribution in [0.15, 0.2) is 35.7 Å². The van der Waals surface area contributed by atoms with Gasteiger partial charge in [-0.2, -0.15) is 5.26 Å². The molecule has 6 heteroatoms. The Kier molecular flexibility index (Phi) is 4.40. The molecule has 23 heavy (non-hydrogen) atoms. The van der Waals surface area contributed by atoms with Gasteiger partial charge in [-0.1, -0.05) is 30.3 Å². The van der Waals surface area contributed by atoms with Crippen LogP contribution in [-0.2, 0) is 9.53 Å². The Balaban J connectivity index is 1.95. The van der Waals surface area contributed by atoms with Crippen molar-refractivity contribution in [3.05, 3.63) is 41.3 Å². The molecule has 0 atom stereocenters. The normalized spacial score (nSPS) is 13.2. The maximum atomic E-state index is 12.3. The fourth-order valence-corrected chi connectivity index (χ4v) is 3.17. The van der Waals surface area contributed by atoms with E-state index in [4.69, 9.17) is 10.00 Å². The number of carbonyl (C=O) groups is 2. The smallest absolute Gasteiger partial charge is 0.342 e. The summed E-state index contributed by atoms with van der Waals surface area (Å²) in [5.41, 5.74) is 1.87. The highest BCUT2D eigenvalue weighted by Crippen LogP contribution is 2.38. The third-order valence-corrected chi connectivity index (χ3v) is 4.43. The number of thiophene rings is 1. The standard InChI is InChI=1S/C17H14N2O3S/c18-8-9-22-17(21)14-13(11-4-2-1-3-5-11)10-23-16(14)19-15(20)12-6-7-12/h1-5,10,12H,6-7,9H2,(H,19,20). The summed E-state index contributed by atoms with van der Waals surface area (Å²) in [5.74, 6) is -0.626. The van der Waals surface area contributed by atoms with Crippen LogP contribution in [0, 0.1) is 17.2 Å². The van der Waals surface area contributed by atoms with Crippen molar-refractivity contribution in [1.82, 2.24) is 0 Å². The molecule has 0 bridgehead atoms. The second-order valence-corrected chi connectivity index (χ2v) is 6.10. The van der Waals surface area contributed by atoms with E-state index in [0.29, 0.717) is 16.1 Å². The van der Waals surface area contributed by atoms with Gasteiger partial charge in [0, 0.05) is 16.9 Å². The van der Waals surface area contributed by atoms with E-state index >= 15 is 0 Å². The average molecular weight is 326 g/mol. The van der Waals surface area contributed by atoms with Gasteiger partial charge in [-0.05, 0) is 18.4 Å². The first-order valence-corrected chi connectivity index (χ1v) is 8.10. The minimum atomic E-state index is -0.599. The Labute approximate surface area is 137 Å². The zero-order valence-corrected chi connectivity index (χ0v) is 13.1. The van der Waals surface area contributed by atoms with Crippen molar-refractivity contribution in [3.63, 3.8) is 0 Å². The van der Waals surface area contributed by atoms with Gasteiger partial charge in [0.1, 0.15) is 16.6 Å². The lowest BCUT2D eigenvalue weighted by Crippen LogP contribution is -2.16. The van der Waals surface area contributed by atoms with Crippen molar-refractivity contribution in [2.24, 2.45) is 5.92 Å². The van der Waals surface area contributed by atoms with Crippen molar-refractivity contribution in [2.45, 2.75) is 12.8 Å². The van der Waals surface area contributed by atoms with Gasteiger partial charge in [-0.15, -0.1) is 11.3 Å². The highest BCUT2D eigenvalue weighted by Gasteiger charge is 2.31. The minimum Gasteiger partial charge on any atom is -0.447 e. The summed E-state index contributed by atoms with van der Waals surface area (Å²) in [6.45, 7) is -0.321. The topological polar surface area (TPSA) is 79.2 Å². The first-order chi connectivity index (χ1) is 11.2. The SMILES string of the molecule is N#CCOC(=O)c1c(-c2ccccc2)csc1NC(=O)C1CC1. The minimum absolute atomic E-state index is 0.0419. The lowest BCUT2D eigenvalue weighted by molar-refractivity contribution is -0.117. The summed E-state index contributed by atoms with van der Waals surface area (Å²) in [7, 11) is 0. The molecule has 2 aromatic rings. The van der Waals surface area contributed by atoms with Crippen LogP contribution in [0.5, 0.6) is 0 Å². The van der Waals surface area contributed by atoms with E-state index in [9.17, 15) is 9.59 Å². The van der Waals surface area contributed by atoms with E-state index < -0.39 is 5.97 Å². The van der Waals surface area contributed by atoms with E-state index in [0.717, 1.165) is 18.4 Å². The fourth-order valence-electron chi connectivity index (χ4n) is 2.21. The first-order valence-electron chi connectivity index (χ1n) is 7.22. The number of benzene rings is 1. The molecule has 1 aromatic carbocycles. The molecular formula is C17H14N2O3S. The van der Waals surface area contributed by atoms with E-state index in [1.54, 1.807) is 6.07 Å². The highest BCUT2D eigenvalue weighted by molar-refractivity contribution is 7.15. The van der Waals surface area contributed by atoms with Gasteiger partial charge in [-0.25, -0.2) is 4.79 Å². The van der Waals surface area contributed by atoms with Crippen LogP contribution in [0.25, 0.3) is 11.1 Å². The molecule has 1 aliphatic rings. The van der Waals surface area contributed by atoms with Gasteiger partial charge in [0.15, 0.2) is 6.61 Å². The summed E-state index contributed by atoms with van der Waals surface area (Å²) >= 11 is 1.29. The summed E-state index contributed by atoms with van der Waals surface area (Å²) in [6, 6.07) is 11.2.